The van der Waals surface area contributed by atoms with Gasteiger partial charge in [-0.3, -0.25) is 4.79 Å². The topological polar surface area (TPSA) is 106 Å². The Morgan fingerprint density at radius 2 is 2.03 bits per heavy atom. The van der Waals surface area contributed by atoms with Crippen LogP contribution in [0.3, 0.4) is 0 Å². The zero-order valence-corrected chi connectivity index (χ0v) is 16.0. The first kappa shape index (κ1) is 17.3. The van der Waals surface area contributed by atoms with Gasteiger partial charge in [-0.25, -0.2) is 4.68 Å². The average molecular weight is 404 g/mol. The fourth-order valence-corrected chi connectivity index (χ4v) is 4.33. The van der Waals surface area contributed by atoms with Crippen molar-refractivity contribution < 1.29 is 9.53 Å². The summed E-state index contributed by atoms with van der Waals surface area (Å²) in [5.41, 5.74) is 7.64. The number of benzene rings is 2. The summed E-state index contributed by atoms with van der Waals surface area (Å²) in [6.45, 7) is 1.78. The van der Waals surface area contributed by atoms with Gasteiger partial charge < -0.3 is 15.8 Å². The van der Waals surface area contributed by atoms with Crippen molar-refractivity contribution in [2.45, 2.75) is 12.3 Å². The summed E-state index contributed by atoms with van der Waals surface area (Å²) in [4.78, 5) is 13.4. The van der Waals surface area contributed by atoms with Gasteiger partial charge >= 0.3 is 0 Å². The van der Waals surface area contributed by atoms with Crippen molar-refractivity contribution in [3.8, 4) is 17.6 Å². The molecule has 5 rings (SSSR count). The fourth-order valence-electron chi connectivity index (χ4n) is 4.16. The van der Waals surface area contributed by atoms with Crippen molar-refractivity contribution in [3.05, 3.63) is 81.8 Å². The lowest BCUT2D eigenvalue weighted by atomic mass is 9.69. The lowest BCUT2D eigenvalue weighted by molar-refractivity contribution is -0.118. The van der Waals surface area contributed by atoms with E-state index in [1.165, 1.54) is 0 Å². The highest BCUT2D eigenvalue weighted by Crippen LogP contribution is 2.54. The predicted molar refractivity (Wildman–Crippen MR) is 107 cm³/mol. The van der Waals surface area contributed by atoms with E-state index in [9.17, 15) is 10.1 Å². The first-order chi connectivity index (χ1) is 14.0. The molecule has 0 fully saturated rings. The highest BCUT2D eigenvalue weighted by Gasteiger charge is 2.58. The van der Waals surface area contributed by atoms with Gasteiger partial charge in [-0.05, 0) is 31.2 Å². The second kappa shape index (κ2) is 5.87. The number of fused-ring (bicyclic) bond motifs is 4. The van der Waals surface area contributed by atoms with E-state index in [0.717, 1.165) is 5.69 Å². The molecule has 142 valence electrons. The molecule has 2 aliphatic heterocycles. The number of rotatable bonds is 1. The lowest BCUT2D eigenvalue weighted by Gasteiger charge is -2.32. The van der Waals surface area contributed by atoms with Gasteiger partial charge in [-0.15, -0.1) is 0 Å². The highest BCUT2D eigenvalue weighted by molar-refractivity contribution is 6.31. The number of nitrogens with zero attached hydrogens (tertiary/aromatic N) is 3. The Hall–Kier alpha value is -3.76. The van der Waals surface area contributed by atoms with E-state index in [4.69, 9.17) is 22.1 Å². The molecule has 8 heteroatoms. The highest BCUT2D eigenvalue weighted by atomic mass is 35.5. The van der Waals surface area contributed by atoms with Crippen LogP contribution in [0.2, 0.25) is 5.02 Å². The molecule has 29 heavy (non-hydrogen) atoms. The Morgan fingerprint density at radius 1 is 1.28 bits per heavy atom. The maximum absolute atomic E-state index is 13.4. The molecule has 1 atom stereocenters. The maximum atomic E-state index is 13.4. The zero-order chi connectivity index (χ0) is 20.3. The van der Waals surface area contributed by atoms with Crippen molar-refractivity contribution in [2.75, 3.05) is 5.32 Å². The van der Waals surface area contributed by atoms with E-state index in [-0.39, 0.29) is 11.5 Å². The fraction of sp³-hybridized carbons (Fsp3) is 0.0952. The van der Waals surface area contributed by atoms with Crippen LogP contribution in [0.4, 0.5) is 5.69 Å². The molecular weight excluding hydrogens is 390 g/mol. The number of anilines is 1. The number of nitrogens with two attached hydrogens (primary N) is 1. The van der Waals surface area contributed by atoms with Gasteiger partial charge in [-0.1, -0.05) is 35.9 Å². The number of hydrogen-bond donors (Lipinski definition) is 2. The number of carbonyl (C=O) groups is 1. The maximum Gasteiger partial charge on any atom is 0.245 e. The average Bonchev–Trinajstić information content (AvgIpc) is 3.17. The van der Waals surface area contributed by atoms with Gasteiger partial charge in [0.25, 0.3) is 0 Å². The smallest absolute Gasteiger partial charge is 0.245 e. The summed E-state index contributed by atoms with van der Waals surface area (Å²) in [6, 6.07) is 16.5. The molecule has 1 spiro atoms. The minimum absolute atomic E-state index is 0.0271. The third kappa shape index (κ3) is 2.12. The zero-order valence-electron chi connectivity index (χ0n) is 15.2. The Balaban J connectivity index is 1.89. The standard InChI is InChI=1S/C21H14ClN5O2/c1-11-17-19(27(26-11)13-5-3-2-4-6-13)29-18(24)15(10-23)21(17)14-8-7-12(22)9-16(14)25-20(21)28/h2-9H,24H2,1H3,(H,25,28)/t21-/m1/s1. The molecule has 0 radical (unpaired) electrons. The number of aryl methyl sites for hydroxylation is 1. The Morgan fingerprint density at radius 3 is 2.76 bits per heavy atom. The van der Waals surface area contributed by atoms with Gasteiger partial charge in [-0.2, -0.15) is 10.4 Å². The summed E-state index contributed by atoms with van der Waals surface area (Å²) >= 11 is 6.12. The van der Waals surface area contributed by atoms with Crippen LogP contribution < -0.4 is 15.8 Å². The molecule has 0 bridgehead atoms. The van der Waals surface area contributed by atoms with Gasteiger partial charge in [0.05, 0.1) is 16.9 Å². The van der Waals surface area contributed by atoms with Crippen LogP contribution in [-0.2, 0) is 10.2 Å². The number of hydrogen-bond acceptors (Lipinski definition) is 5. The summed E-state index contributed by atoms with van der Waals surface area (Å²) in [5, 5.41) is 17.8. The first-order valence-corrected chi connectivity index (χ1v) is 9.21. The minimum Gasteiger partial charge on any atom is -0.422 e. The van der Waals surface area contributed by atoms with Crippen molar-refractivity contribution in [1.82, 2.24) is 9.78 Å². The van der Waals surface area contributed by atoms with Crippen LogP contribution in [0.15, 0.2) is 60.0 Å². The normalized spacial score (nSPS) is 19.4. The number of nitrogens with one attached hydrogen (secondary N) is 1. The van der Waals surface area contributed by atoms with Crippen LogP contribution in [0.1, 0.15) is 16.8 Å². The summed E-state index contributed by atoms with van der Waals surface area (Å²) < 4.78 is 7.44. The van der Waals surface area contributed by atoms with E-state index >= 15 is 0 Å². The third-order valence-corrected chi connectivity index (χ3v) is 5.54. The number of para-hydroxylation sites is 1. The molecule has 0 aliphatic carbocycles. The molecule has 3 aromatic rings. The van der Waals surface area contributed by atoms with Crippen LogP contribution in [0, 0.1) is 18.3 Å². The molecule has 1 aromatic heterocycles. The first-order valence-electron chi connectivity index (χ1n) is 8.83. The second-order valence-electron chi connectivity index (χ2n) is 6.86. The van der Waals surface area contributed by atoms with E-state index in [0.29, 0.717) is 33.4 Å². The molecule has 3 N–H and O–H groups in total. The van der Waals surface area contributed by atoms with Crippen molar-refractivity contribution in [2.24, 2.45) is 5.73 Å². The number of ether oxygens (including phenoxy) is 1. The molecule has 0 saturated heterocycles. The van der Waals surface area contributed by atoms with E-state index < -0.39 is 11.3 Å². The van der Waals surface area contributed by atoms with Crippen LogP contribution in [-0.4, -0.2) is 15.7 Å². The quantitative estimate of drug-likeness (QED) is 0.649. The van der Waals surface area contributed by atoms with Crippen LogP contribution in [0.5, 0.6) is 5.88 Å². The Labute approximate surface area is 171 Å². The Kier molecular flexibility index (Phi) is 3.51. The van der Waals surface area contributed by atoms with Crippen LogP contribution >= 0.6 is 11.6 Å². The summed E-state index contributed by atoms with van der Waals surface area (Å²) in [7, 11) is 0. The molecule has 2 aliphatic rings. The number of aromatic nitrogens is 2. The molecule has 7 nitrogen and oxygen atoms in total. The molecule has 0 saturated carbocycles. The number of halogens is 1. The van der Waals surface area contributed by atoms with E-state index in [2.05, 4.69) is 16.5 Å². The lowest BCUT2D eigenvalue weighted by Crippen LogP contribution is -2.42. The van der Waals surface area contributed by atoms with E-state index in [1.54, 1.807) is 29.8 Å². The SMILES string of the molecule is Cc1nn(-c2ccccc2)c2c1[C@]1(C(=O)Nc3cc(Cl)ccc31)C(C#N)=C(N)O2. The molecule has 2 aromatic carbocycles. The van der Waals surface area contributed by atoms with Gasteiger partial charge in [0.15, 0.2) is 0 Å². The van der Waals surface area contributed by atoms with E-state index in [1.807, 2.05) is 30.3 Å². The molecule has 1 amide bonds. The van der Waals surface area contributed by atoms with Gasteiger partial charge in [0.2, 0.25) is 17.7 Å². The van der Waals surface area contributed by atoms with Crippen molar-refractivity contribution >= 4 is 23.2 Å². The number of amides is 1. The Bertz CT molecular complexity index is 1270. The van der Waals surface area contributed by atoms with Crippen molar-refractivity contribution in [3.63, 3.8) is 0 Å². The summed E-state index contributed by atoms with van der Waals surface area (Å²) in [6.07, 6.45) is 0. The third-order valence-electron chi connectivity index (χ3n) is 5.31. The van der Waals surface area contributed by atoms with Crippen LogP contribution in [0.25, 0.3) is 5.69 Å². The predicted octanol–water partition coefficient (Wildman–Crippen LogP) is 3.16. The van der Waals surface area contributed by atoms with Crippen molar-refractivity contribution in [1.29, 1.82) is 5.26 Å². The van der Waals surface area contributed by atoms with Gasteiger partial charge in [0, 0.05) is 16.3 Å². The molecule has 0 unspecified atom stereocenters. The number of nitriles is 1. The second-order valence-corrected chi connectivity index (χ2v) is 7.30. The minimum atomic E-state index is -1.45. The van der Waals surface area contributed by atoms with Gasteiger partial charge in [0.1, 0.15) is 17.1 Å². The molecule has 3 heterocycles. The number of carbonyl (C=O) groups excluding carboxylic acids is 1. The molecular formula is C21H14ClN5O2. The summed E-state index contributed by atoms with van der Waals surface area (Å²) in [5.74, 6) is -0.215. The largest absolute Gasteiger partial charge is 0.422 e. The monoisotopic (exact) mass is 403 g/mol.